The number of carbonyl (C=O) groups excluding carboxylic acids is 1. The Bertz CT molecular complexity index is 394. The van der Waals surface area contributed by atoms with E-state index in [1.165, 1.54) is 11.8 Å². The second-order valence-electron chi connectivity index (χ2n) is 2.97. The van der Waals surface area contributed by atoms with Crippen molar-refractivity contribution >= 4 is 17.5 Å². The van der Waals surface area contributed by atoms with Gasteiger partial charge in [0.1, 0.15) is 5.75 Å². The van der Waals surface area contributed by atoms with Gasteiger partial charge < -0.3 is 4.74 Å². The van der Waals surface area contributed by atoms with Crippen LogP contribution in [0.25, 0.3) is 0 Å². The molecule has 0 heterocycles. The second-order valence-corrected chi connectivity index (χ2v) is 3.82. The molecule has 0 bridgehead atoms. The molecule has 0 radical (unpaired) electrons. The summed E-state index contributed by atoms with van der Waals surface area (Å²) in [6.45, 7) is -0.958. The van der Waals surface area contributed by atoms with Gasteiger partial charge in [0.25, 0.3) is 6.54 Å². The molecule has 0 saturated heterocycles. The van der Waals surface area contributed by atoms with E-state index in [2.05, 4.69) is 0 Å². The number of para-hydroxylation sites is 1. The van der Waals surface area contributed by atoms with Crippen molar-refractivity contribution in [1.29, 1.82) is 0 Å². The lowest BCUT2D eigenvalue weighted by Gasteiger charge is -2.07. The minimum atomic E-state index is -0.693. The van der Waals surface area contributed by atoms with E-state index in [0.29, 0.717) is 5.75 Å². The van der Waals surface area contributed by atoms with E-state index < -0.39 is 17.3 Å². The van der Waals surface area contributed by atoms with Gasteiger partial charge in [-0.1, -0.05) is 12.1 Å². The first kappa shape index (κ1) is 12.5. The molecular weight excluding hydrogens is 230 g/mol. The van der Waals surface area contributed by atoms with Crippen molar-refractivity contribution < 1.29 is 14.5 Å². The van der Waals surface area contributed by atoms with E-state index in [-0.39, 0.29) is 6.61 Å². The molecule has 0 spiro atoms. The number of rotatable bonds is 6. The van der Waals surface area contributed by atoms with Crippen molar-refractivity contribution in [3.8, 4) is 5.75 Å². The van der Waals surface area contributed by atoms with Gasteiger partial charge in [0.15, 0.2) is 6.61 Å². The van der Waals surface area contributed by atoms with Crippen LogP contribution in [0.15, 0.2) is 29.2 Å². The molecule has 0 N–H and O–H groups in total. The summed E-state index contributed by atoms with van der Waals surface area (Å²) in [5.74, 6) is 0.0348. The molecule has 0 aliphatic carbocycles. The second kappa shape index (κ2) is 6.12. The Labute approximate surface area is 96.9 Å². The summed E-state index contributed by atoms with van der Waals surface area (Å²) in [5.41, 5.74) is 0. The molecular formula is C10H11NO4S. The molecule has 0 atom stereocenters. The third-order valence-corrected chi connectivity index (χ3v) is 2.54. The summed E-state index contributed by atoms with van der Waals surface area (Å²) >= 11 is 1.49. The number of benzene rings is 1. The summed E-state index contributed by atoms with van der Waals surface area (Å²) < 4.78 is 5.22. The van der Waals surface area contributed by atoms with E-state index in [9.17, 15) is 14.9 Å². The zero-order valence-corrected chi connectivity index (χ0v) is 9.53. The lowest BCUT2D eigenvalue weighted by atomic mass is 10.3. The van der Waals surface area contributed by atoms with Crippen molar-refractivity contribution in [3.63, 3.8) is 0 Å². The van der Waals surface area contributed by atoms with Gasteiger partial charge in [0.2, 0.25) is 5.78 Å². The fourth-order valence-electron chi connectivity index (χ4n) is 1.09. The number of hydrogen-bond donors (Lipinski definition) is 0. The Morgan fingerprint density at radius 2 is 2.19 bits per heavy atom. The molecule has 0 fully saturated rings. The lowest BCUT2D eigenvalue weighted by molar-refractivity contribution is -0.467. The minimum absolute atomic E-state index is 0.265. The van der Waals surface area contributed by atoms with Crippen LogP contribution in [0.2, 0.25) is 0 Å². The van der Waals surface area contributed by atoms with Crippen LogP contribution in [0, 0.1) is 10.1 Å². The minimum Gasteiger partial charge on any atom is -0.484 e. The van der Waals surface area contributed by atoms with Gasteiger partial charge in [-0.3, -0.25) is 14.9 Å². The predicted octanol–water partition coefficient (Wildman–Crippen LogP) is 1.63. The highest BCUT2D eigenvalue weighted by atomic mass is 32.2. The Kier molecular flexibility index (Phi) is 4.78. The summed E-state index contributed by atoms with van der Waals surface area (Å²) in [5, 5.41) is 10.1. The van der Waals surface area contributed by atoms with Gasteiger partial charge >= 0.3 is 0 Å². The van der Waals surface area contributed by atoms with Gasteiger partial charge in [-0.15, -0.1) is 11.8 Å². The fourth-order valence-corrected chi connectivity index (χ4v) is 1.63. The molecule has 0 aliphatic rings. The SMILES string of the molecule is CSc1ccccc1OCC(=O)C[N+](=O)[O-]. The Hall–Kier alpha value is -1.56. The zero-order chi connectivity index (χ0) is 12.0. The first-order valence-corrected chi connectivity index (χ1v) is 5.75. The van der Waals surface area contributed by atoms with E-state index in [0.717, 1.165) is 4.90 Å². The smallest absolute Gasteiger partial charge is 0.264 e. The van der Waals surface area contributed by atoms with E-state index in [1.54, 1.807) is 12.1 Å². The zero-order valence-electron chi connectivity index (χ0n) is 8.71. The van der Waals surface area contributed by atoms with Crippen LogP contribution >= 0.6 is 11.8 Å². The molecule has 1 aromatic rings. The van der Waals surface area contributed by atoms with Crippen LogP contribution < -0.4 is 4.74 Å². The van der Waals surface area contributed by atoms with Crippen LogP contribution in [0.5, 0.6) is 5.75 Å². The molecule has 0 unspecified atom stereocenters. The van der Waals surface area contributed by atoms with Crippen LogP contribution in [-0.4, -0.2) is 30.1 Å². The van der Waals surface area contributed by atoms with Crippen molar-refractivity contribution in [2.24, 2.45) is 0 Å². The molecule has 0 amide bonds. The number of nitro groups is 1. The molecule has 6 heteroatoms. The third kappa shape index (κ3) is 3.90. The highest BCUT2D eigenvalue weighted by Crippen LogP contribution is 2.26. The van der Waals surface area contributed by atoms with E-state index in [1.807, 2.05) is 18.4 Å². The number of carbonyl (C=O) groups is 1. The molecule has 5 nitrogen and oxygen atoms in total. The Morgan fingerprint density at radius 3 is 2.81 bits per heavy atom. The molecule has 1 aromatic carbocycles. The van der Waals surface area contributed by atoms with Crippen molar-refractivity contribution in [3.05, 3.63) is 34.4 Å². The highest BCUT2D eigenvalue weighted by molar-refractivity contribution is 7.98. The molecule has 0 saturated carbocycles. The maximum absolute atomic E-state index is 11.1. The first-order chi connectivity index (χ1) is 7.63. The first-order valence-electron chi connectivity index (χ1n) is 4.53. The predicted molar refractivity (Wildman–Crippen MR) is 60.6 cm³/mol. The number of nitrogens with zero attached hydrogens (tertiary/aromatic N) is 1. The van der Waals surface area contributed by atoms with E-state index in [4.69, 9.17) is 4.74 Å². The van der Waals surface area contributed by atoms with Gasteiger partial charge in [-0.25, -0.2) is 0 Å². The van der Waals surface area contributed by atoms with Gasteiger partial charge in [-0.2, -0.15) is 0 Å². The fraction of sp³-hybridized carbons (Fsp3) is 0.300. The number of ketones is 1. The van der Waals surface area contributed by atoms with Crippen LogP contribution in [0.4, 0.5) is 0 Å². The topological polar surface area (TPSA) is 69.4 Å². The number of thioether (sulfide) groups is 1. The quantitative estimate of drug-likeness (QED) is 0.430. The van der Waals surface area contributed by atoms with Gasteiger partial charge in [0.05, 0.1) is 0 Å². The molecule has 1 rings (SSSR count). The van der Waals surface area contributed by atoms with Crippen LogP contribution in [-0.2, 0) is 4.79 Å². The third-order valence-electron chi connectivity index (χ3n) is 1.76. The standard InChI is InChI=1S/C10H11NO4S/c1-16-10-5-3-2-4-9(10)15-7-8(12)6-11(13)14/h2-5H,6-7H2,1H3. The summed E-state index contributed by atoms with van der Waals surface area (Å²) in [6, 6.07) is 7.23. The van der Waals surface area contributed by atoms with E-state index >= 15 is 0 Å². The Morgan fingerprint density at radius 1 is 1.50 bits per heavy atom. The van der Waals surface area contributed by atoms with Crippen LogP contribution in [0.1, 0.15) is 0 Å². The summed E-state index contributed by atoms with van der Waals surface area (Å²) in [7, 11) is 0. The summed E-state index contributed by atoms with van der Waals surface area (Å²) in [6.07, 6.45) is 1.89. The maximum Gasteiger partial charge on any atom is 0.264 e. The average molecular weight is 241 g/mol. The summed E-state index contributed by atoms with van der Waals surface area (Å²) in [4.78, 5) is 21.4. The van der Waals surface area contributed by atoms with Crippen molar-refractivity contribution in [2.75, 3.05) is 19.4 Å². The van der Waals surface area contributed by atoms with Gasteiger partial charge in [-0.05, 0) is 18.4 Å². The largest absolute Gasteiger partial charge is 0.484 e. The number of Topliss-reactive ketones (excluding diaryl/α,β-unsaturated/α-hetero) is 1. The molecule has 0 aliphatic heterocycles. The molecule has 0 aromatic heterocycles. The van der Waals surface area contributed by atoms with Gasteiger partial charge in [0, 0.05) is 9.82 Å². The van der Waals surface area contributed by atoms with Crippen molar-refractivity contribution in [2.45, 2.75) is 4.90 Å². The van der Waals surface area contributed by atoms with Crippen LogP contribution in [0.3, 0.4) is 0 Å². The monoisotopic (exact) mass is 241 g/mol. The molecule has 16 heavy (non-hydrogen) atoms. The Balaban J connectivity index is 2.54. The normalized spacial score (nSPS) is 9.81. The van der Waals surface area contributed by atoms with Crippen molar-refractivity contribution in [1.82, 2.24) is 0 Å². The molecule has 86 valence electrons. The average Bonchev–Trinajstić information content (AvgIpc) is 2.26. The highest BCUT2D eigenvalue weighted by Gasteiger charge is 2.11. The number of ether oxygens (including phenoxy) is 1. The number of hydrogen-bond acceptors (Lipinski definition) is 5. The lowest BCUT2D eigenvalue weighted by Crippen LogP contribution is -2.20. The maximum atomic E-state index is 11.1.